The molecule has 1 aromatic heterocycles. The number of amidine groups is 2. The van der Waals surface area contributed by atoms with Gasteiger partial charge in [-0.25, -0.2) is 9.98 Å². The Kier molecular flexibility index (Phi) is 7.26. The van der Waals surface area contributed by atoms with Crippen molar-refractivity contribution in [2.75, 3.05) is 0 Å². The van der Waals surface area contributed by atoms with E-state index in [0.717, 1.165) is 27.8 Å². The lowest BCUT2D eigenvalue weighted by atomic mass is 9.97. The fourth-order valence-electron chi connectivity index (χ4n) is 5.29. The van der Waals surface area contributed by atoms with Crippen LogP contribution in [0.5, 0.6) is 0 Å². The van der Waals surface area contributed by atoms with E-state index >= 15 is 0 Å². The molecule has 0 saturated carbocycles. The highest BCUT2D eigenvalue weighted by atomic mass is 32.1. The number of thiophene rings is 1. The molecular weight excluding hydrogens is 543 g/mol. The number of benzene rings is 6. The molecular formula is C39H27N3S. The first kappa shape index (κ1) is 26.4. The molecule has 0 amide bonds. The molecule has 3 nitrogen and oxygen atoms in total. The van der Waals surface area contributed by atoms with E-state index in [9.17, 15) is 0 Å². The summed E-state index contributed by atoms with van der Waals surface area (Å²) < 4.78 is 2.60. The maximum atomic E-state index is 8.91. The van der Waals surface area contributed by atoms with Crippen molar-refractivity contribution < 1.29 is 0 Å². The van der Waals surface area contributed by atoms with Gasteiger partial charge in [0.05, 0.1) is 0 Å². The fraction of sp³-hybridized carbons (Fsp3) is 0. The van der Waals surface area contributed by atoms with Gasteiger partial charge >= 0.3 is 0 Å². The van der Waals surface area contributed by atoms with E-state index in [0.29, 0.717) is 5.84 Å². The highest BCUT2D eigenvalue weighted by Crippen LogP contribution is 2.40. The highest BCUT2D eigenvalue weighted by Gasteiger charge is 2.12. The van der Waals surface area contributed by atoms with Gasteiger partial charge in [0.15, 0.2) is 11.7 Å². The van der Waals surface area contributed by atoms with Crippen LogP contribution in [0.25, 0.3) is 42.4 Å². The third-order valence-electron chi connectivity index (χ3n) is 7.43. The van der Waals surface area contributed by atoms with Crippen LogP contribution in [0.2, 0.25) is 0 Å². The summed E-state index contributed by atoms with van der Waals surface area (Å²) in [5.74, 6) is 0.662. The van der Waals surface area contributed by atoms with Crippen molar-refractivity contribution in [2.45, 2.75) is 0 Å². The van der Waals surface area contributed by atoms with Crippen molar-refractivity contribution in [1.82, 2.24) is 0 Å². The molecule has 0 spiro atoms. The Morgan fingerprint density at radius 3 is 2.02 bits per heavy atom. The van der Waals surface area contributed by atoms with Crippen LogP contribution in [-0.4, -0.2) is 17.9 Å². The number of hydrogen-bond acceptors (Lipinski definition) is 2. The average Bonchev–Trinajstić information content (AvgIpc) is 3.46. The third kappa shape index (κ3) is 5.56. The lowest BCUT2D eigenvalue weighted by molar-refractivity contribution is 1.39. The van der Waals surface area contributed by atoms with Crippen molar-refractivity contribution in [2.24, 2.45) is 9.98 Å². The molecule has 0 aliphatic rings. The smallest absolute Gasteiger partial charge is 0.161 e. The maximum Gasteiger partial charge on any atom is 0.161 e. The summed E-state index contributed by atoms with van der Waals surface area (Å²) in [4.78, 5) is 9.37. The molecule has 204 valence electrons. The number of aliphatic imine (C=N–C) groups is 2. The molecule has 0 aliphatic heterocycles. The lowest BCUT2D eigenvalue weighted by Gasteiger charge is -2.09. The Morgan fingerprint density at radius 1 is 0.558 bits per heavy atom. The normalized spacial score (nSPS) is 11.9. The topological polar surface area (TPSA) is 48.6 Å². The minimum absolute atomic E-state index is 0.164. The van der Waals surface area contributed by atoms with Gasteiger partial charge in [-0.05, 0) is 46.0 Å². The zero-order valence-electron chi connectivity index (χ0n) is 23.3. The zero-order valence-corrected chi connectivity index (χ0v) is 24.1. The first-order valence-electron chi connectivity index (χ1n) is 14.2. The fourth-order valence-corrected chi connectivity index (χ4v) is 6.53. The van der Waals surface area contributed by atoms with E-state index in [1.165, 1.54) is 31.3 Å². The van der Waals surface area contributed by atoms with Crippen molar-refractivity contribution in [3.63, 3.8) is 0 Å². The highest BCUT2D eigenvalue weighted by molar-refractivity contribution is 7.26. The van der Waals surface area contributed by atoms with Crippen LogP contribution >= 0.6 is 11.3 Å². The molecule has 4 heteroatoms. The Hall–Kier alpha value is -5.45. The molecule has 0 saturated heterocycles. The van der Waals surface area contributed by atoms with Crippen LogP contribution in [0.3, 0.4) is 0 Å². The summed E-state index contributed by atoms with van der Waals surface area (Å²) in [7, 11) is 0. The van der Waals surface area contributed by atoms with Gasteiger partial charge in [-0.15, -0.1) is 11.3 Å². The van der Waals surface area contributed by atoms with Gasteiger partial charge in [0.2, 0.25) is 0 Å². The molecule has 6 aromatic carbocycles. The monoisotopic (exact) mass is 569 g/mol. The molecule has 0 fully saturated rings. The summed E-state index contributed by atoms with van der Waals surface area (Å²) in [6.07, 6.45) is 1.79. The second-order valence-electron chi connectivity index (χ2n) is 10.3. The van der Waals surface area contributed by atoms with Crippen LogP contribution in [0.15, 0.2) is 162 Å². The second kappa shape index (κ2) is 11.8. The van der Waals surface area contributed by atoms with Crippen LogP contribution in [0, 0.1) is 5.41 Å². The Labute approximate surface area is 254 Å². The van der Waals surface area contributed by atoms with Gasteiger partial charge in [-0.2, -0.15) is 0 Å². The number of nitrogens with zero attached hydrogens (tertiary/aromatic N) is 2. The van der Waals surface area contributed by atoms with Crippen LogP contribution in [0.1, 0.15) is 16.7 Å². The largest absolute Gasteiger partial charge is 0.282 e. The second-order valence-corrected chi connectivity index (χ2v) is 11.3. The first-order chi connectivity index (χ1) is 21.2. The lowest BCUT2D eigenvalue weighted by Crippen LogP contribution is -2.04. The molecule has 1 heterocycles. The number of nitrogens with one attached hydrogen (secondary N) is 1. The van der Waals surface area contributed by atoms with Crippen LogP contribution in [-0.2, 0) is 0 Å². The standard InChI is InChI=1S/C39H27N3S/c40-38(42-39(28-14-5-2-6-15-28)41-26-27-12-3-1-4-13-27)32-19-10-17-30(25-32)29-16-9-18-31(24-29)33-21-11-22-35-34-20-7-8-23-36(34)43-37(33)35/h1-26,40H. The van der Waals surface area contributed by atoms with E-state index in [2.05, 4.69) is 77.8 Å². The molecule has 0 atom stereocenters. The van der Waals surface area contributed by atoms with Gasteiger partial charge in [0.25, 0.3) is 0 Å². The van der Waals surface area contributed by atoms with Crippen molar-refractivity contribution in [3.8, 4) is 22.3 Å². The summed E-state index contributed by atoms with van der Waals surface area (Å²) in [6.45, 7) is 0. The predicted molar refractivity (Wildman–Crippen MR) is 184 cm³/mol. The van der Waals surface area contributed by atoms with Gasteiger partial charge < -0.3 is 0 Å². The zero-order chi connectivity index (χ0) is 29.0. The molecule has 43 heavy (non-hydrogen) atoms. The Balaban J connectivity index is 1.23. The average molecular weight is 570 g/mol. The summed E-state index contributed by atoms with van der Waals surface area (Å²) in [5, 5.41) is 11.5. The molecule has 0 aliphatic carbocycles. The summed E-state index contributed by atoms with van der Waals surface area (Å²) in [6, 6.07) is 51.6. The Bertz CT molecular complexity index is 2140. The van der Waals surface area contributed by atoms with E-state index in [-0.39, 0.29) is 5.84 Å². The van der Waals surface area contributed by atoms with Crippen molar-refractivity contribution in [1.29, 1.82) is 5.41 Å². The summed E-state index contributed by atoms with van der Waals surface area (Å²) >= 11 is 1.84. The van der Waals surface area contributed by atoms with Crippen molar-refractivity contribution in [3.05, 3.63) is 168 Å². The first-order valence-corrected chi connectivity index (χ1v) is 15.0. The van der Waals surface area contributed by atoms with E-state index < -0.39 is 0 Å². The number of hydrogen-bond donors (Lipinski definition) is 1. The number of fused-ring (bicyclic) bond motifs is 3. The van der Waals surface area contributed by atoms with Gasteiger partial charge in [-0.3, -0.25) is 5.41 Å². The Morgan fingerprint density at radius 2 is 1.19 bits per heavy atom. The number of rotatable bonds is 5. The molecule has 7 aromatic rings. The van der Waals surface area contributed by atoms with E-state index in [1.54, 1.807) is 6.21 Å². The third-order valence-corrected chi connectivity index (χ3v) is 8.65. The van der Waals surface area contributed by atoms with Crippen LogP contribution < -0.4 is 0 Å². The maximum absolute atomic E-state index is 8.91. The molecule has 0 radical (unpaired) electrons. The van der Waals surface area contributed by atoms with Crippen molar-refractivity contribution >= 4 is 49.4 Å². The summed E-state index contributed by atoms with van der Waals surface area (Å²) in [5.41, 5.74) is 7.12. The van der Waals surface area contributed by atoms with Gasteiger partial charge in [0, 0.05) is 37.5 Å². The molecule has 0 bridgehead atoms. The SMILES string of the molecule is N=C(N=C(N=Cc1ccccc1)c1ccccc1)c1cccc(-c2cccc(-c3cccc4c3sc3ccccc34)c2)c1. The molecule has 0 unspecified atom stereocenters. The molecule has 7 rings (SSSR count). The predicted octanol–water partition coefficient (Wildman–Crippen LogP) is 10.3. The minimum atomic E-state index is 0.164. The van der Waals surface area contributed by atoms with Crippen LogP contribution in [0.4, 0.5) is 0 Å². The van der Waals surface area contributed by atoms with E-state index in [1.807, 2.05) is 90.2 Å². The molecule has 1 N–H and O–H groups in total. The quantitative estimate of drug-likeness (QED) is 0.158. The van der Waals surface area contributed by atoms with Gasteiger partial charge in [0.1, 0.15) is 0 Å². The van der Waals surface area contributed by atoms with Gasteiger partial charge in [-0.1, -0.05) is 133 Å². The van der Waals surface area contributed by atoms with E-state index in [4.69, 9.17) is 10.4 Å². The minimum Gasteiger partial charge on any atom is -0.282 e.